The minimum atomic E-state index is -0.162. The Labute approximate surface area is 109 Å². The molecule has 2 aromatic heterocycles. The Morgan fingerprint density at radius 2 is 1.95 bits per heavy atom. The fourth-order valence-electron chi connectivity index (χ4n) is 1.92. The van der Waals surface area contributed by atoms with Gasteiger partial charge in [-0.15, -0.1) is 0 Å². The van der Waals surface area contributed by atoms with E-state index in [9.17, 15) is 4.79 Å². The van der Waals surface area contributed by atoms with E-state index in [0.717, 1.165) is 5.69 Å². The maximum Gasteiger partial charge on any atom is 0.214 e. The lowest BCUT2D eigenvalue weighted by atomic mass is 10.1. The van der Waals surface area contributed by atoms with Crippen LogP contribution in [0.3, 0.4) is 0 Å². The molecule has 3 aromatic rings. The van der Waals surface area contributed by atoms with E-state index >= 15 is 0 Å². The summed E-state index contributed by atoms with van der Waals surface area (Å²) in [4.78, 5) is 15.1. The van der Waals surface area contributed by atoms with E-state index < -0.39 is 0 Å². The molecule has 0 radical (unpaired) electrons. The standard InChI is InChI=1S/C14H12N4O/c15-14-11(13(19)12-7-4-8-16-12)9-17-18(14)10-5-2-1-3-6-10/h1-9,16H,15H2. The number of nitrogens with two attached hydrogens (primary N) is 1. The number of nitrogens with one attached hydrogen (secondary N) is 1. The van der Waals surface area contributed by atoms with Crippen LogP contribution < -0.4 is 5.73 Å². The molecule has 0 atom stereocenters. The van der Waals surface area contributed by atoms with Crippen LogP contribution in [0.15, 0.2) is 54.9 Å². The number of ketones is 1. The Bertz CT molecular complexity index is 698. The summed E-state index contributed by atoms with van der Waals surface area (Å²) in [6, 6.07) is 12.9. The number of anilines is 1. The van der Waals surface area contributed by atoms with Gasteiger partial charge in [-0.1, -0.05) is 18.2 Å². The molecule has 0 unspecified atom stereocenters. The third-order valence-electron chi connectivity index (χ3n) is 2.89. The van der Waals surface area contributed by atoms with Crippen LogP contribution in [0.1, 0.15) is 16.1 Å². The molecule has 0 amide bonds. The molecule has 94 valence electrons. The Morgan fingerprint density at radius 1 is 1.16 bits per heavy atom. The number of aromatic amines is 1. The summed E-state index contributed by atoms with van der Waals surface area (Å²) in [7, 11) is 0. The molecule has 5 nitrogen and oxygen atoms in total. The van der Waals surface area contributed by atoms with Crippen molar-refractivity contribution in [2.75, 3.05) is 5.73 Å². The predicted octanol–water partition coefficient (Wildman–Crippen LogP) is 2.01. The highest BCUT2D eigenvalue weighted by atomic mass is 16.1. The zero-order chi connectivity index (χ0) is 13.2. The van der Waals surface area contributed by atoms with Gasteiger partial charge in [0.25, 0.3) is 0 Å². The molecule has 0 aliphatic rings. The summed E-state index contributed by atoms with van der Waals surface area (Å²) in [5, 5.41) is 4.17. The maximum absolute atomic E-state index is 12.2. The number of benzene rings is 1. The second-order valence-electron chi connectivity index (χ2n) is 4.10. The third kappa shape index (κ3) is 1.91. The predicted molar refractivity (Wildman–Crippen MR) is 72.2 cm³/mol. The van der Waals surface area contributed by atoms with Crippen molar-refractivity contribution in [3.63, 3.8) is 0 Å². The van der Waals surface area contributed by atoms with Crippen molar-refractivity contribution in [1.82, 2.24) is 14.8 Å². The first-order valence-corrected chi connectivity index (χ1v) is 5.84. The Hall–Kier alpha value is -2.82. The number of para-hydroxylation sites is 1. The third-order valence-corrected chi connectivity index (χ3v) is 2.89. The first-order valence-electron chi connectivity index (χ1n) is 5.84. The summed E-state index contributed by atoms with van der Waals surface area (Å²) in [5.41, 5.74) is 7.73. The highest BCUT2D eigenvalue weighted by Gasteiger charge is 2.17. The fourth-order valence-corrected chi connectivity index (χ4v) is 1.92. The topological polar surface area (TPSA) is 76.7 Å². The molecule has 2 heterocycles. The van der Waals surface area contributed by atoms with Gasteiger partial charge in [0.1, 0.15) is 5.82 Å². The first-order chi connectivity index (χ1) is 9.27. The quantitative estimate of drug-likeness (QED) is 0.700. The van der Waals surface area contributed by atoms with Crippen LogP contribution >= 0.6 is 0 Å². The van der Waals surface area contributed by atoms with Gasteiger partial charge < -0.3 is 10.7 Å². The number of H-pyrrole nitrogens is 1. The van der Waals surface area contributed by atoms with Crippen LogP contribution in [0.4, 0.5) is 5.82 Å². The molecule has 0 bridgehead atoms. The lowest BCUT2D eigenvalue weighted by molar-refractivity contribution is 0.103. The molecule has 0 saturated heterocycles. The molecule has 1 aromatic carbocycles. The van der Waals surface area contributed by atoms with Gasteiger partial charge in [0.15, 0.2) is 0 Å². The van der Waals surface area contributed by atoms with E-state index in [-0.39, 0.29) is 5.78 Å². The molecule has 5 heteroatoms. The number of nitrogen functional groups attached to an aromatic ring is 1. The SMILES string of the molecule is Nc1c(C(=O)c2ccc[nH]2)cnn1-c1ccccc1. The van der Waals surface area contributed by atoms with Crippen LogP contribution in [-0.2, 0) is 0 Å². The molecule has 0 saturated carbocycles. The van der Waals surface area contributed by atoms with Crippen LogP contribution in [0.2, 0.25) is 0 Å². The molecule has 0 aliphatic heterocycles. The molecule has 3 N–H and O–H groups in total. The van der Waals surface area contributed by atoms with Crippen molar-refractivity contribution >= 4 is 11.6 Å². The normalized spacial score (nSPS) is 10.5. The van der Waals surface area contributed by atoms with Crippen molar-refractivity contribution in [2.45, 2.75) is 0 Å². The fraction of sp³-hybridized carbons (Fsp3) is 0. The van der Waals surface area contributed by atoms with Gasteiger partial charge in [-0.2, -0.15) is 5.10 Å². The number of carbonyl (C=O) groups excluding carboxylic acids is 1. The van der Waals surface area contributed by atoms with Crippen molar-refractivity contribution in [3.8, 4) is 5.69 Å². The number of rotatable bonds is 3. The highest BCUT2D eigenvalue weighted by molar-refractivity contribution is 6.10. The number of nitrogens with zero attached hydrogens (tertiary/aromatic N) is 2. The summed E-state index contributed by atoms with van der Waals surface area (Å²) in [5.74, 6) is 0.176. The Balaban J connectivity index is 2.02. The van der Waals surface area contributed by atoms with Crippen LogP contribution in [0, 0.1) is 0 Å². The van der Waals surface area contributed by atoms with Gasteiger partial charge in [0, 0.05) is 6.20 Å². The second kappa shape index (κ2) is 4.45. The highest BCUT2D eigenvalue weighted by Crippen LogP contribution is 2.19. The van der Waals surface area contributed by atoms with Crippen LogP contribution in [0.5, 0.6) is 0 Å². The minimum Gasteiger partial charge on any atom is -0.383 e. The van der Waals surface area contributed by atoms with E-state index in [0.29, 0.717) is 17.1 Å². The minimum absolute atomic E-state index is 0.162. The van der Waals surface area contributed by atoms with Crippen LogP contribution in [0.25, 0.3) is 5.69 Å². The van der Waals surface area contributed by atoms with Crippen LogP contribution in [-0.4, -0.2) is 20.5 Å². The molecular formula is C14H12N4O. The average Bonchev–Trinajstić information content (AvgIpc) is 3.08. The first kappa shape index (κ1) is 11.3. The van der Waals surface area contributed by atoms with Gasteiger partial charge in [-0.25, -0.2) is 4.68 Å². The smallest absolute Gasteiger partial charge is 0.214 e. The van der Waals surface area contributed by atoms with Gasteiger partial charge in [-0.3, -0.25) is 4.79 Å². The average molecular weight is 252 g/mol. The van der Waals surface area contributed by atoms with E-state index in [1.807, 2.05) is 30.3 Å². The van der Waals surface area contributed by atoms with Crippen molar-refractivity contribution in [1.29, 1.82) is 0 Å². The second-order valence-corrected chi connectivity index (χ2v) is 4.10. The van der Waals surface area contributed by atoms with E-state index in [2.05, 4.69) is 10.1 Å². The molecule has 19 heavy (non-hydrogen) atoms. The summed E-state index contributed by atoms with van der Waals surface area (Å²) in [6.07, 6.45) is 3.19. The van der Waals surface area contributed by atoms with E-state index in [1.54, 1.807) is 23.0 Å². The Morgan fingerprint density at radius 3 is 2.63 bits per heavy atom. The number of hydrogen-bond donors (Lipinski definition) is 2. The van der Waals surface area contributed by atoms with Crippen molar-refractivity contribution in [3.05, 3.63) is 66.1 Å². The zero-order valence-corrected chi connectivity index (χ0v) is 10.1. The molecule has 3 rings (SSSR count). The van der Waals surface area contributed by atoms with E-state index in [1.165, 1.54) is 6.20 Å². The molecule has 0 aliphatic carbocycles. The van der Waals surface area contributed by atoms with Gasteiger partial charge in [-0.05, 0) is 24.3 Å². The van der Waals surface area contributed by atoms with Crippen molar-refractivity contribution in [2.24, 2.45) is 0 Å². The zero-order valence-electron chi connectivity index (χ0n) is 10.1. The molecular weight excluding hydrogens is 240 g/mol. The lowest BCUT2D eigenvalue weighted by Gasteiger charge is -2.04. The Kier molecular flexibility index (Phi) is 2.64. The number of aromatic nitrogens is 3. The maximum atomic E-state index is 12.2. The van der Waals surface area contributed by atoms with Gasteiger partial charge in [0.2, 0.25) is 5.78 Å². The molecule has 0 spiro atoms. The summed E-state index contributed by atoms with van der Waals surface area (Å²) in [6.45, 7) is 0. The largest absolute Gasteiger partial charge is 0.383 e. The monoisotopic (exact) mass is 252 g/mol. The summed E-state index contributed by atoms with van der Waals surface area (Å²) < 4.78 is 1.55. The number of hydrogen-bond acceptors (Lipinski definition) is 3. The number of carbonyl (C=O) groups is 1. The van der Waals surface area contributed by atoms with Gasteiger partial charge >= 0.3 is 0 Å². The van der Waals surface area contributed by atoms with Crippen molar-refractivity contribution < 1.29 is 4.79 Å². The van der Waals surface area contributed by atoms with Gasteiger partial charge in [0.05, 0.1) is 23.1 Å². The van der Waals surface area contributed by atoms with E-state index in [4.69, 9.17) is 5.73 Å². The lowest BCUT2D eigenvalue weighted by Crippen LogP contribution is -2.07. The summed E-state index contributed by atoms with van der Waals surface area (Å²) >= 11 is 0. The molecule has 0 fully saturated rings.